The summed E-state index contributed by atoms with van der Waals surface area (Å²) in [6.45, 7) is 8.00. The number of hydrogen-bond acceptors (Lipinski definition) is 0. The minimum absolute atomic E-state index is 0.479. The van der Waals surface area contributed by atoms with Crippen LogP contribution in [0.2, 0.25) is 0 Å². The van der Waals surface area contributed by atoms with Crippen LogP contribution in [0.4, 0.5) is 26.3 Å². The zero-order valence-electron chi connectivity index (χ0n) is 13.9. The molecular weight excluding hydrogens is 330 g/mol. The van der Waals surface area contributed by atoms with Crippen LogP contribution >= 0.6 is 0 Å². The van der Waals surface area contributed by atoms with Crippen molar-refractivity contribution in [1.29, 1.82) is 0 Å². The molecule has 0 saturated heterocycles. The second kappa shape index (κ2) is 9.35. The Balaban J connectivity index is 0.00000123. The summed E-state index contributed by atoms with van der Waals surface area (Å²) >= 11 is 0. The van der Waals surface area contributed by atoms with Gasteiger partial charge < -0.3 is 0 Å². The first-order valence-electron chi connectivity index (χ1n) is 7.54. The van der Waals surface area contributed by atoms with Crippen molar-refractivity contribution >= 4 is 0 Å². The van der Waals surface area contributed by atoms with E-state index in [0.717, 1.165) is 36.4 Å². The lowest BCUT2D eigenvalue weighted by Crippen LogP contribution is -2.11. The molecule has 2 aromatic rings. The van der Waals surface area contributed by atoms with Crippen LogP contribution < -0.4 is 0 Å². The van der Waals surface area contributed by atoms with E-state index >= 15 is 0 Å². The van der Waals surface area contributed by atoms with Gasteiger partial charge in [0.25, 0.3) is 0 Å². The highest BCUT2D eigenvalue weighted by Crippen LogP contribution is 2.42. The van der Waals surface area contributed by atoms with Gasteiger partial charge in [-0.1, -0.05) is 64.1 Å². The van der Waals surface area contributed by atoms with Gasteiger partial charge in [-0.2, -0.15) is 26.3 Å². The highest BCUT2D eigenvalue weighted by Gasteiger charge is 2.37. The molecule has 0 atom stereocenters. The lowest BCUT2D eigenvalue weighted by Gasteiger charge is -2.17. The first-order valence-corrected chi connectivity index (χ1v) is 7.54. The molecule has 0 aliphatic rings. The molecular formula is C18H20F6. The molecule has 0 nitrogen and oxygen atoms in total. The van der Waals surface area contributed by atoms with Crippen molar-refractivity contribution in [3.05, 3.63) is 59.7 Å². The van der Waals surface area contributed by atoms with Gasteiger partial charge in [0.1, 0.15) is 0 Å². The quantitative estimate of drug-likeness (QED) is 0.469. The van der Waals surface area contributed by atoms with E-state index in [1.54, 1.807) is 0 Å². The molecule has 0 fully saturated rings. The molecule has 0 aromatic heterocycles. The minimum atomic E-state index is -4.71. The topological polar surface area (TPSA) is 0 Å². The summed E-state index contributed by atoms with van der Waals surface area (Å²) in [5.74, 6) is 0. The Morgan fingerprint density at radius 1 is 0.500 bits per heavy atom. The fourth-order valence-corrected chi connectivity index (χ4v) is 1.93. The highest BCUT2D eigenvalue weighted by molar-refractivity contribution is 5.71. The predicted molar refractivity (Wildman–Crippen MR) is 84.6 cm³/mol. The van der Waals surface area contributed by atoms with Gasteiger partial charge in [0, 0.05) is 0 Å². The van der Waals surface area contributed by atoms with E-state index in [1.807, 2.05) is 27.7 Å². The van der Waals surface area contributed by atoms with Crippen molar-refractivity contribution in [3.8, 4) is 11.1 Å². The Kier molecular flexibility index (Phi) is 8.58. The second-order valence-electron chi connectivity index (χ2n) is 4.09. The van der Waals surface area contributed by atoms with Crippen LogP contribution in [0.25, 0.3) is 11.1 Å². The monoisotopic (exact) mass is 350 g/mol. The summed E-state index contributed by atoms with van der Waals surface area (Å²) in [5, 5.41) is 0. The standard InChI is InChI=1S/C14H8F6.2C2H6/c15-13(16,17)11-7-3-1-5-9(11)10-6-2-4-8-12(10)14(18,19)20;2*1-2/h1-8H;2*1-2H3. The zero-order valence-corrected chi connectivity index (χ0v) is 13.9. The molecule has 0 heterocycles. The van der Waals surface area contributed by atoms with Gasteiger partial charge in [-0.3, -0.25) is 0 Å². The maximum Gasteiger partial charge on any atom is 0.417 e. The maximum atomic E-state index is 12.9. The summed E-state index contributed by atoms with van der Waals surface area (Å²) in [5.41, 5.74) is -3.13. The third-order valence-electron chi connectivity index (χ3n) is 2.76. The van der Waals surface area contributed by atoms with Crippen molar-refractivity contribution in [3.63, 3.8) is 0 Å². The van der Waals surface area contributed by atoms with Crippen molar-refractivity contribution < 1.29 is 26.3 Å². The van der Waals surface area contributed by atoms with Gasteiger partial charge >= 0.3 is 12.4 Å². The summed E-state index contributed by atoms with van der Waals surface area (Å²) in [4.78, 5) is 0. The van der Waals surface area contributed by atoms with Gasteiger partial charge in [-0.15, -0.1) is 0 Å². The Morgan fingerprint density at radius 3 is 1.00 bits per heavy atom. The van der Waals surface area contributed by atoms with Crippen molar-refractivity contribution in [1.82, 2.24) is 0 Å². The molecule has 6 heteroatoms. The van der Waals surface area contributed by atoms with E-state index in [9.17, 15) is 26.3 Å². The van der Waals surface area contributed by atoms with Crippen LogP contribution in [0.3, 0.4) is 0 Å². The molecule has 0 radical (unpaired) electrons. The molecule has 2 rings (SSSR count). The molecule has 0 N–H and O–H groups in total. The van der Waals surface area contributed by atoms with Crippen molar-refractivity contribution in [2.45, 2.75) is 40.0 Å². The predicted octanol–water partition coefficient (Wildman–Crippen LogP) is 7.44. The van der Waals surface area contributed by atoms with Crippen LogP contribution in [0.5, 0.6) is 0 Å². The Morgan fingerprint density at radius 2 is 0.750 bits per heavy atom. The van der Waals surface area contributed by atoms with Gasteiger partial charge in [-0.25, -0.2) is 0 Å². The molecule has 0 unspecified atom stereocenters. The van der Waals surface area contributed by atoms with Crippen molar-refractivity contribution in [2.75, 3.05) is 0 Å². The summed E-state index contributed by atoms with van der Waals surface area (Å²) in [7, 11) is 0. The van der Waals surface area contributed by atoms with Crippen molar-refractivity contribution in [2.24, 2.45) is 0 Å². The van der Waals surface area contributed by atoms with E-state index < -0.39 is 34.6 Å². The van der Waals surface area contributed by atoms with Gasteiger partial charge in [-0.05, 0) is 23.3 Å². The molecule has 0 aliphatic heterocycles. The average Bonchev–Trinajstić information content (AvgIpc) is 2.57. The average molecular weight is 350 g/mol. The van der Waals surface area contributed by atoms with E-state index in [0.29, 0.717) is 0 Å². The minimum Gasteiger partial charge on any atom is -0.166 e. The van der Waals surface area contributed by atoms with Gasteiger partial charge in [0.2, 0.25) is 0 Å². The third-order valence-corrected chi connectivity index (χ3v) is 2.76. The first-order chi connectivity index (χ1) is 11.2. The third kappa shape index (κ3) is 5.58. The molecule has 2 aromatic carbocycles. The van der Waals surface area contributed by atoms with E-state index in [2.05, 4.69) is 0 Å². The van der Waals surface area contributed by atoms with Crippen LogP contribution in [0.1, 0.15) is 38.8 Å². The fraction of sp³-hybridized carbons (Fsp3) is 0.333. The number of benzene rings is 2. The molecule has 0 saturated carbocycles. The first kappa shape index (κ1) is 22.0. The normalized spacial score (nSPS) is 10.9. The molecule has 0 bridgehead atoms. The van der Waals surface area contributed by atoms with Gasteiger partial charge in [0.15, 0.2) is 0 Å². The van der Waals surface area contributed by atoms with E-state index in [4.69, 9.17) is 0 Å². The van der Waals surface area contributed by atoms with Gasteiger partial charge in [0.05, 0.1) is 11.1 Å². The SMILES string of the molecule is CC.CC.FC(F)(F)c1ccccc1-c1ccccc1C(F)(F)F. The van der Waals surface area contributed by atoms with Crippen LogP contribution in [0.15, 0.2) is 48.5 Å². The number of alkyl halides is 6. The largest absolute Gasteiger partial charge is 0.417 e. The lowest BCUT2D eigenvalue weighted by molar-refractivity contribution is -0.139. The molecule has 24 heavy (non-hydrogen) atoms. The highest BCUT2D eigenvalue weighted by atomic mass is 19.4. The summed E-state index contributed by atoms with van der Waals surface area (Å²) in [6.07, 6.45) is -9.43. The lowest BCUT2D eigenvalue weighted by atomic mass is 9.95. The summed E-state index contributed by atoms with van der Waals surface area (Å²) in [6, 6.07) is 8.44. The molecule has 0 amide bonds. The number of halogens is 6. The molecule has 0 aliphatic carbocycles. The summed E-state index contributed by atoms with van der Waals surface area (Å²) < 4.78 is 77.3. The zero-order chi connectivity index (χ0) is 19.0. The Bertz CT molecular complexity index is 556. The van der Waals surface area contributed by atoms with Crippen LogP contribution in [-0.2, 0) is 12.4 Å². The fourth-order valence-electron chi connectivity index (χ4n) is 1.93. The Labute approximate surface area is 138 Å². The molecule has 134 valence electrons. The van der Waals surface area contributed by atoms with E-state index in [1.165, 1.54) is 12.1 Å². The van der Waals surface area contributed by atoms with Crippen LogP contribution in [0, 0.1) is 0 Å². The number of hydrogen-bond donors (Lipinski definition) is 0. The van der Waals surface area contributed by atoms with E-state index in [-0.39, 0.29) is 0 Å². The smallest absolute Gasteiger partial charge is 0.166 e. The Hall–Kier alpha value is -1.98. The number of rotatable bonds is 1. The van der Waals surface area contributed by atoms with Crippen LogP contribution in [-0.4, -0.2) is 0 Å². The molecule has 0 spiro atoms. The maximum absolute atomic E-state index is 12.9. The second-order valence-corrected chi connectivity index (χ2v) is 4.09.